The Labute approximate surface area is 103 Å². The molecular weight excluding hydrogens is 242 g/mol. The molecule has 0 aliphatic heterocycles. The van der Waals surface area contributed by atoms with E-state index in [1.807, 2.05) is 0 Å². The number of nitrogens with zero attached hydrogens (tertiary/aromatic N) is 1. The molecule has 0 amide bonds. The lowest BCUT2D eigenvalue weighted by Gasteiger charge is -2.46. The molecule has 6 heteroatoms. The van der Waals surface area contributed by atoms with Crippen LogP contribution in [0.3, 0.4) is 0 Å². The summed E-state index contributed by atoms with van der Waals surface area (Å²) in [6, 6.07) is 4.78. The zero-order valence-electron chi connectivity index (χ0n) is 9.95. The minimum atomic E-state index is -2.77. The first kappa shape index (κ1) is 12.9. The van der Waals surface area contributed by atoms with Crippen LogP contribution in [0.15, 0.2) is 18.2 Å². The zero-order chi connectivity index (χ0) is 13.6. The lowest BCUT2D eigenvalue weighted by atomic mass is 9.61. The summed E-state index contributed by atoms with van der Waals surface area (Å²) in [4.78, 5) is 10.6. The van der Waals surface area contributed by atoms with E-state index in [9.17, 15) is 18.9 Å². The van der Waals surface area contributed by atoms with Gasteiger partial charge in [-0.2, -0.15) is 0 Å². The highest BCUT2D eigenvalue weighted by Gasteiger charge is 2.58. The summed E-state index contributed by atoms with van der Waals surface area (Å²) in [6.45, 7) is 1.59. The quantitative estimate of drug-likeness (QED) is 0.667. The summed E-state index contributed by atoms with van der Waals surface area (Å²) >= 11 is 0. The second-order valence-electron chi connectivity index (χ2n) is 4.92. The summed E-state index contributed by atoms with van der Waals surface area (Å²) in [7, 11) is 0. The summed E-state index contributed by atoms with van der Waals surface area (Å²) < 4.78 is 26.2. The molecule has 2 N–H and O–H groups in total. The Hall–Kier alpha value is -1.56. The van der Waals surface area contributed by atoms with Gasteiger partial charge in [0.15, 0.2) is 0 Å². The van der Waals surface area contributed by atoms with E-state index >= 15 is 0 Å². The molecule has 2 rings (SSSR count). The van der Waals surface area contributed by atoms with Crippen molar-refractivity contribution in [3.63, 3.8) is 0 Å². The van der Waals surface area contributed by atoms with Crippen LogP contribution < -0.4 is 5.73 Å². The second-order valence-corrected chi connectivity index (χ2v) is 4.92. The molecule has 0 saturated heterocycles. The maximum Gasteiger partial charge on any atom is 0.276 e. The minimum Gasteiger partial charge on any atom is -0.330 e. The van der Waals surface area contributed by atoms with Crippen molar-refractivity contribution in [1.82, 2.24) is 0 Å². The van der Waals surface area contributed by atoms with Gasteiger partial charge in [0.25, 0.3) is 5.69 Å². The number of nitro groups is 1. The van der Waals surface area contributed by atoms with Crippen LogP contribution in [0.25, 0.3) is 0 Å². The van der Waals surface area contributed by atoms with Gasteiger partial charge in [0.2, 0.25) is 5.92 Å². The van der Waals surface area contributed by atoms with Crippen molar-refractivity contribution in [3.8, 4) is 0 Å². The average molecular weight is 256 g/mol. The third-order valence-corrected chi connectivity index (χ3v) is 3.58. The number of rotatable bonds is 3. The number of alkyl halides is 2. The van der Waals surface area contributed by atoms with Crippen LogP contribution in [0.5, 0.6) is 0 Å². The average Bonchev–Trinajstić information content (AvgIpc) is 2.24. The highest BCUT2D eigenvalue weighted by atomic mass is 19.3. The lowest BCUT2D eigenvalue weighted by molar-refractivity contribution is -0.387. The van der Waals surface area contributed by atoms with Crippen molar-refractivity contribution in [1.29, 1.82) is 0 Å². The summed E-state index contributed by atoms with van der Waals surface area (Å²) in [5.41, 5.74) is 5.35. The Morgan fingerprint density at radius 3 is 2.50 bits per heavy atom. The number of hydrogen-bond donors (Lipinski definition) is 1. The van der Waals surface area contributed by atoms with Gasteiger partial charge >= 0.3 is 0 Å². The van der Waals surface area contributed by atoms with Gasteiger partial charge in [0, 0.05) is 35.9 Å². The third-order valence-electron chi connectivity index (χ3n) is 3.58. The van der Waals surface area contributed by atoms with E-state index in [4.69, 9.17) is 5.73 Å². The first-order chi connectivity index (χ1) is 8.31. The molecule has 0 spiro atoms. The monoisotopic (exact) mass is 256 g/mol. The topological polar surface area (TPSA) is 69.2 Å². The molecule has 0 heterocycles. The van der Waals surface area contributed by atoms with Gasteiger partial charge in [0.1, 0.15) is 0 Å². The second kappa shape index (κ2) is 3.98. The van der Waals surface area contributed by atoms with E-state index in [0.29, 0.717) is 11.1 Å². The largest absolute Gasteiger partial charge is 0.330 e. The number of para-hydroxylation sites is 1. The van der Waals surface area contributed by atoms with Gasteiger partial charge in [-0.25, -0.2) is 8.78 Å². The fourth-order valence-electron chi connectivity index (χ4n) is 2.71. The standard InChI is InChI=1S/C12H14F2N2O2/c1-8-3-2-4-9(10(8)16(17)18)11(7-15)5-12(13,14)6-11/h2-4H,5-7,15H2,1H3. The van der Waals surface area contributed by atoms with Crippen LogP contribution in [0.4, 0.5) is 14.5 Å². The van der Waals surface area contributed by atoms with E-state index in [2.05, 4.69) is 0 Å². The summed E-state index contributed by atoms with van der Waals surface area (Å²) in [6.07, 6.45) is -0.832. The third kappa shape index (κ3) is 1.86. The highest BCUT2D eigenvalue weighted by Crippen LogP contribution is 2.54. The Balaban J connectivity index is 2.51. The zero-order valence-corrected chi connectivity index (χ0v) is 9.95. The number of nitrogens with two attached hydrogens (primary N) is 1. The van der Waals surface area contributed by atoms with Gasteiger partial charge in [-0.3, -0.25) is 10.1 Å². The Morgan fingerprint density at radius 2 is 2.06 bits per heavy atom. The molecule has 0 radical (unpaired) electrons. The lowest BCUT2D eigenvalue weighted by Crippen LogP contribution is -2.54. The number of hydrogen-bond acceptors (Lipinski definition) is 3. The van der Waals surface area contributed by atoms with E-state index in [1.165, 1.54) is 6.07 Å². The van der Waals surface area contributed by atoms with Crippen molar-refractivity contribution in [3.05, 3.63) is 39.4 Å². The van der Waals surface area contributed by atoms with Crippen LogP contribution in [0, 0.1) is 17.0 Å². The molecule has 18 heavy (non-hydrogen) atoms. The molecule has 0 unspecified atom stereocenters. The predicted octanol–water partition coefficient (Wildman–Crippen LogP) is 2.53. The normalized spacial score (nSPS) is 20.2. The van der Waals surface area contributed by atoms with Crippen LogP contribution in [0.1, 0.15) is 24.0 Å². The van der Waals surface area contributed by atoms with Crippen LogP contribution in [-0.4, -0.2) is 17.4 Å². The van der Waals surface area contributed by atoms with Crippen LogP contribution in [-0.2, 0) is 5.41 Å². The van der Waals surface area contributed by atoms with E-state index < -0.39 is 29.1 Å². The Kier molecular flexibility index (Phi) is 2.85. The molecule has 0 atom stereocenters. The molecule has 1 aromatic carbocycles. The molecule has 1 saturated carbocycles. The van der Waals surface area contributed by atoms with Gasteiger partial charge in [0.05, 0.1) is 4.92 Å². The maximum atomic E-state index is 13.1. The Bertz CT molecular complexity index is 495. The molecule has 1 aliphatic rings. The summed E-state index contributed by atoms with van der Waals surface area (Å²) in [5, 5.41) is 11.1. The molecule has 0 bridgehead atoms. The number of halogens is 2. The molecule has 0 aromatic heterocycles. The van der Waals surface area contributed by atoms with Gasteiger partial charge in [-0.1, -0.05) is 18.2 Å². The fraction of sp³-hybridized carbons (Fsp3) is 0.500. The van der Waals surface area contributed by atoms with Gasteiger partial charge in [-0.15, -0.1) is 0 Å². The van der Waals surface area contributed by atoms with Crippen molar-refractivity contribution in [2.45, 2.75) is 31.1 Å². The first-order valence-electron chi connectivity index (χ1n) is 5.64. The van der Waals surface area contributed by atoms with Crippen molar-refractivity contribution in [2.75, 3.05) is 6.54 Å². The molecule has 4 nitrogen and oxygen atoms in total. The summed E-state index contributed by atoms with van der Waals surface area (Å²) in [5.74, 6) is -2.77. The maximum absolute atomic E-state index is 13.1. The van der Waals surface area contributed by atoms with Crippen LogP contribution >= 0.6 is 0 Å². The van der Waals surface area contributed by atoms with E-state index in [1.54, 1.807) is 19.1 Å². The fourth-order valence-corrected chi connectivity index (χ4v) is 2.71. The SMILES string of the molecule is Cc1cccc(C2(CN)CC(F)(F)C2)c1[N+](=O)[O-]. The minimum absolute atomic E-state index is 0.00706. The van der Waals surface area contributed by atoms with Crippen molar-refractivity contribution in [2.24, 2.45) is 5.73 Å². The smallest absolute Gasteiger partial charge is 0.276 e. The first-order valence-corrected chi connectivity index (χ1v) is 5.64. The van der Waals surface area contributed by atoms with E-state index in [-0.39, 0.29) is 12.2 Å². The number of nitro benzene ring substituents is 1. The van der Waals surface area contributed by atoms with Gasteiger partial charge < -0.3 is 5.73 Å². The van der Waals surface area contributed by atoms with E-state index in [0.717, 1.165) is 0 Å². The van der Waals surface area contributed by atoms with Crippen LogP contribution in [0.2, 0.25) is 0 Å². The van der Waals surface area contributed by atoms with Gasteiger partial charge in [-0.05, 0) is 6.92 Å². The molecule has 1 aliphatic carbocycles. The molecule has 1 fully saturated rings. The molecule has 98 valence electrons. The molecule has 1 aromatic rings. The molecular formula is C12H14F2N2O2. The predicted molar refractivity (Wildman–Crippen MR) is 62.7 cm³/mol. The number of aryl methyl sites for hydroxylation is 1. The van der Waals surface area contributed by atoms with Crippen molar-refractivity contribution >= 4 is 5.69 Å². The number of benzene rings is 1. The highest BCUT2D eigenvalue weighted by molar-refractivity contribution is 5.52. The van der Waals surface area contributed by atoms with Crippen molar-refractivity contribution < 1.29 is 13.7 Å². The Morgan fingerprint density at radius 1 is 1.44 bits per heavy atom.